The molecule has 124 valence electrons. The first-order chi connectivity index (χ1) is 10.8. The molecule has 0 aromatic heterocycles. The van der Waals surface area contributed by atoms with Gasteiger partial charge in [0.25, 0.3) is 0 Å². The minimum Gasteiger partial charge on any atom is -0.462 e. The van der Waals surface area contributed by atoms with Gasteiger partial charge in [-0.05, 0) is 19.1 Å². The number of carbonyl (C=O) groups is 4. The largest absolute Gasteiger partial charge is 0.462 e. The molecule has 0 aliphatic carbocycles. The zero-order chi connectivity index (χ0) is 17.6. The van der Waals surface area contributed by atoms with Crippen LogP contribution in [0.25, 0.3) is 0 Å². The van der Waals surface area contributed by atoms with Crippen LogP contribution in [-0.2, 0) is 19.1 Å². The summed E-state index contributed by atoms with van der Waals surface area (Å²) in [6.07, 6.45) is 0. The summed E-state index contributed by atoms with van der Waals surface area (Å²) in [5, 5.41) is 0. The van der Waals surface area contributed by atoms with Gasteiger partial charge in [0.15, 0.2) is 11.5 Å². The van der Waals surface area contributed by atoms with Gasteiger partial charge in [-0.15, -0.1) is 0 Å². The maximum Gasteiger partial charge on any atom is 0.342 e. The lowest BCUT2D eigenvalue weighted by molar-refractivity contribution is -0.135. The van der Waals surface area contributed by atoms with Crippen molar-refractivity contribution in [2.45, 2.75) is 27.7 Å². The molecular formula is C15H16O8. The first-order valence-electron chi connectivity index (χ1n) is 6.65. The molecule has 0 fully saturated rings. The summed E-state index contributed by atoms with van der Waals surface area (Å²) >= 11 is 0. The van der Waals surface area contributed by atoms with Gasteiger partial charge < -0.3 is 18.9 Å². The van der Waals surface area contributed by atoms with Crippen molar-refractivity contribution in [2.24, 2.45) is 0 Å². The van der Waals surface area contributed by atoms with Crippen LogP contribution in [-0.4, -0.2) is 30.5 Å². The van der Waals surface area contributed by atoms with E-state index in [1.165, 1.54) is 12.1 Å². The molecule has 0 bridgehead atoms. The Hall–Kier alpha value is -2.90. The lowest BCUT2D eigenvalue weighted by Gasteiger charge is -2.15. The molecule has 0 aliphatic heterocycles. The van der Waals surface area contributed by atoms with Crippen molar-refractivity contribution >= 4 is 23.9 Å². The Morgan fingerprint density at radius 2 is 1.35 bits per heavy atom. The third-order valence-electron chi connectivity index (χ3n) is 2.32. The van der Waals surface area contributed by atoms with E-state index in [1.54, 1.807) is 6.92 Å². The van der Waals surface area contributed by atoms with Gasteiger partial charge in [0.05, 0.1) is 6.61 Å². The molecule has 0 spiro atoms. The highest BCUT2D eigenvalue weighted by Crippen LogP contribution is 2.41. The van der Waals surface area contributed by atoms with E-state index in [9.17, 15) is 19.2 Å². The van der Waals surface area contributed by atoms with Gasteiger partial charge in [-0.1, -0.05) is 0 Å². The highest BCUT2D eigenvalue weighted by atomic mass is 16.6. The van der Waals surface area contributed by atoms with E-state index >= 15 is 0 Å². The number of benzene rings is 1. The van der Waals surface area contributed by atoms with Crippen molar-refractivity contribution in [1.29, 1.82) is 0 Å². The molecule has 23 heavy (non-hydrogen) atoms. The van der Waals surface area contributed by atoms with Gasteiger partial charge in [0.1, 0.15) is 5.56 Å². The van der Waals surface area contributed by atoms with Crippen molar-refractivity contribution in [3.8, 4) is 17.2 Å². The normalized spacial score (nSPS) is 9.74. The molecule has 0 radical (unpaired) electrons. The Balaban J connectivity index is 3.53. The summed E-state index contributed by atoms with van der Waals surface area (Å²) in [6, 6.07) is 2.47. The first kappa shape index (κ1) is 18.1. The Bertz CT molecular complexity index is 647. The van der Waals surface area contributed by atoms with Crippen LogP contribution >= 0.6 is 0 Å². The van der Waals surface area contributed by atoms with Crippen LogP contribution in [0.2, 0.25) is 0 Å². The van der Waals surface area contributed by atoms with Gasteiger partial charge in [0, 0.05) is 20.8 Å². The fourth-order valence-electron chi connectivity index (χ4n) is 1.63. The van der Waals surface area contributed by atoms with E-state index in [2.05, 4.69) is 0 Å². The summed E-state index contributed by atoms with van der Waals surface area (Å²) in [4.78, 5) is 45.7. The molecule has 0 atom stereocenters. The maximum absolute atomic E-state index is 12.0. The van der Waals surface area contributed by atoms with Crippen LogP contribution in [0.1, 0.15) is 38.1 Å². The quantitative estimate of drug-likeness (QED) is 0.594. The smallest absolute Gasteiger partial charge is 0.342 e. The molecule has 0 aliphatic rings. The molecular weight excluding hydrogens is 308 g/mol. The predicted molar refractivity (Wildman–Crippen MR) is 76.3 cm³/mol. The van der Waals surface area contributed by atoms with Crippen LogP contribution in [0.15, 0.2) is 12.1 Å². The van der Waals surface area contributed by atoms with Gasteiger partial charge in [0.2, 0.25) is 5.75 Å². The second-order valence-corrected chi connectivity index (χ2v) is 4.27. The van der Waals surface area contributed by atoms with E-state index in [0.717, 1.165) is 20.8 Å². The summed E-state index contributed by atoms with van der Waals surface area (Å²) in [7, 11) is 0. The summed E-state index contributed by atoms with van der Waals surface area (Å²) < 4.78 is 19.7. The summed E-state index contributed by atoms with van der Waals surface area (Å²) in [5.74, 6) is -3.87. The molecule has 0 heterocycles. The Kier molecular flexibility index (Phi) is 6.25. The van der Waals surface area contributed by atoms with Gasteiger partial charge in [-0.25, -0.2) is 4.79 Å². The van der Waals surface area contributed by atoms with Gasteiger partial charge >= 0.3 is 23.9 Å². The van der Waals surface area contributed by atoms with E-state index in [4.69, 9.17) is 18.9 Å². The maximum atomic E-state index is 12.0. The van der Waals surface area contributed by atoms with Crippen molar-refractivity contribution in [1.82, 2.24) is 0 Å². The van der Waals surface area contributed by atoms with Crippen LogP contribution in [0.4, 0.5) is 0 Å². The van der Waals surface area contributed by atoms with E-state index in [-0.39, 0.29) is 29.4 Å². The van der Waals surface area contributed by atoms with Gasteiger partial charge in [-0.2, -0.15) is 0 Å². The lowest BCUT2D eigenvalue weighted by Crippen LogP contribution is -2.14. The number of rotatable bonds is 5. The minimum absolute atomic E-state index is 0.0902. The fraction of sp³-hybridized carbons (Fsp3) is 0.333. The molecule has 0 saturated carbocycles. The molecule has 1 rings (SSSR count). The average molecular weight is 324 g/mol. The molecule has 1 aromatic carbocycles. The monoisotopic (exact) mass is 324 g/mol. The van der Waals surface area contributed by atoms with Crippen molar-refractivity contribution in [3.63, 3.8) is 0 Å². The van der Waals surface area contributed by atoms with E-state index in [0.29, 0.717) is 0 Å². The second kappa shape index (κ2) is 7.92. The van der Waals surface area contributed by atoms with E-state index in [1.807, 2.05) is 0 Å². The molecule has 0 N–H and O–H groups in total. The number of hydrogen-bond acceptors (Lipinski definition) is 8. The SMILES string of the molecule is CCOC(=O)c1ccc(OC(C)=O)c(OC(C)=O)c1OC(C)=O. The Morgan fingerprint density at radius 3 is 1.83 bits per heavy atom. The molecule has 0 saturated heterocycles. The molecule has 0 unspecified atom stereocenters. The van der Waals surface area contributed by atoms with Crippen LogP contribution in [0, 0.1) is 0 Å². The molecule has 1 aromatic rings. The summed E-state index contributed by atoms with van der Waals surface area (Å²) in [6.45, 7) is 5.04. The molecule has 8 heteroatoms. The third kappa shape index (κ3) is 5.10. The second-order valence-electron chi connectivity index (χ2n) is 4.27. The Morgan fingerprint density at radius 1 is 0.826 bits per heavy atom. The van der Waals surface area contributed by atoms with Crippen LogP contribution in [0.5, 0.6) is 17.2 Å². The standard InChI is InChI=1S/C15H16O8/c1-5-20-15(19)11-6-7-12(21-8(2)16)14(23-10(4)18)13(11)22-9(3)17/h6-7H,5H2,1-4H3. The van der Waals surface area contributed by atoms with Crippen LogP contribution in [0.3, 0.4) is 0 Å². The summed E-state index contributed by atoms with van der Waals surface area (Å²) in [5.41, 5.74) is -0.144. The lowest BCUT2D eigenvalue weighted by atomic mass is 10.1. The number of esters is 4. The zero-order valence-electron chi connectivity index (χ0n) is 13.1. The third-order valence-corrected chi connectivity index (χ3v) is 2.32. The average Bonchev–Trinajstić information content (AvgIpc) is 2.41. The number of hydrogen-bond donors (Lipinski definition) is 0. The topological polar surface area (TPSA) is 105 Å². The Labute approximate surface area is 132 Å². The van der Waals surface area contributed by atoms with Crippen molar-refractivity contribution < 1.29 is 38.1 Å². The van der Waals surface area contributed by atoms with Crippen molar-refractivity contribution in [3.05, 3.63) is 17.7 Å². The molecule has 8 nitrogen and oxygen atoms in total. The highest BCUT2D eigenvalue weighted by Gasteiger charge is 2.26. The van der Waals surface area contributed by atoms with E-state index < -0.39 is 23.9 Å². The fourth-order valence-corrected chi connectivity index (χ4v) is 1.63. The van der Waals surface area contributed by atoms with Crippen molar-refractivity contribution in [2.75, 3.05) is 6.61 Å². The first-order valence-corrected chi connectivity index (χ1v) is 6.65. The molecule has 0 amide bonds. The highest BCUT2D eigenvalue weighted by molar-refractivity contribution is 5.96. The number of carbonyl (C=O) groups excluding carboxylic acids is 4. The predicted octanol–water partition coefficient (Wildman–Crippen LogP) is 1.64. The van der Waals surface area contributed by atoms with Crippen LogP contribution < -0.4 is 14.2 Å². The van der Waals surface area contributed by atoms with Gasteiger partial charge in [-0.3, -0.25) is 14.4 Å². The zero-order valence-corrected chi connectivity index (χ0v) is 13.1. The minimum atomic E-state index is -0.786. The number of ether oxygens (including phenoxy) is 4.